The van der Waals surface area contributed by atoms with Crippen molar-refractivity contribution in [3.8, 4) is 11.1 Å². The van der Waals surface area contributed by atoms with Crippen molar-refractivity contribution in [2.75, 3.05) is 0 Å². The van der Waals surface area contributed by atoms with Crippen molar-refractivity contribution in [2.24, 2.45) is 9.98 Å². The van der Waals surface area contributed by atoms with Crippen LogP contribution in [-0.4, -0.2) is 20.9 Å². The molecule has 0 radical (unpaired) electrons. The Kier molecular flexibility index (Phi) is 7.53. The van der Waals surface area contributed by atoms with Crippen LogP contribution in [-0.2, 0) is 0 Å². The monoisotopic (exact) mass is 877 g/mol. The number of para-hydroxylation sites is 2. The van der Waals surface area contributed by atoms with E-state index < -0.39 is 6.29 Å². The fourth-order valence-electron chi connectivity index (χ4n) is 11.0. The molecule has 5 nitrogen and oxygen atoms in total. The first-order chi connectivity index (χ1) is 32.7. The second-order valence-electron chi connectivity index (χ2n) is 17.2. The fourth-order valence-corrected chi connectivity index (χ4v) is 13.5. The Hall–Kier alpha value is -8.10. The van der Waals surface area contributed by atoms with E-state index in [0.29, 0.717) is 5.84 Å². The molecule has 0 saturated carbocycles. The van der Waals surface area contributed by atoms with E-state index in [1.54, 1.807) is 0 Å². The number of amidine groups is 1. The molecule has 66 heavy (non-hydrogen) atoms. The lowest BCUT2D eigenvalue weighted by Crippen LogP contribution is -2.40. The molecule has 14 aromatic rings. The number of fused-ring (bicyclic) bond motifs is 16. The molecule has 308 valence electrons. The number of benzene rings is 10. The molecule has 5 heterocycles. The zero-order valence-electron chi connectivity index (χ0n) is 35.2. The van der Waals surface area contributed by atoms with E-state index in [1.165, 1.54) is 83.8 Å². The number of thiophene rings is 2. The highest BCUT2D eigenvalue weighted by Crippen LogP contribution is 2.46. The second-order valence-corrected chi connectivity index (χ2v) is 19.4. The lowest BCUT2D eigenvalue weighted by Gasteiger charge is -2.27. The Morgan fingerprint density at radius 3 is 1.62 bits per heavy atom. The van der Waals surface area contributed by atoms with Gasteiger partial charge in [0.05, 0.1) is 22.1 Å². The zero-order valence-corrected chi connectivity index (χ0v) is 36.9. The van der Waals surface area contributed by atoms with E-state index in [2.05, 4.69) is 215 Å². The van der Waals surface area contributed by atoms with Gasteiger partial charge in [0, 0.05) is 67.5 Å². The van der Waals surface area contributed by atoms with Gasteiger partial charge < -0.3 is 9.88 Å². The molecule has 1 unspecified atom stereocenters. The van der Waals surface area contributed by atoms with Crippen molar-refractivity contribution >= 4 is 140 Å². The molecule has 0 bridgehead atoms. The second kappa shape index (κ2) is 13.7. The molecule has 0 amide bonds. The van der Waals surface area contributed by atoms with Crippen molar-refractivity contribution in [2.45, 2.75) is 6.29 Å². The fraction of sp³-hybridized carbons (Fsp3) is 0.0169. The smallest absolute Gasteiger partial charge is 0.213 e. The summed E-state index contributed by atoms with van der Waals surface area (Å²) in [5.74, 6) is 1.41. The molecule has 0 fully saturated rings. The van der Waals surface area contributed by atoms with Gasteiger partial charge in [-0.1, -0.05) is 158 Å². The summed E-state index contributed by atoms with van der Waals surface area (Å²) in [5, 5.41) is 18.7. The van der Waals surface area contributed by atoms with Crippen molar-refractivity contribution in [1.29, 1.82) is 0 Å². The van der Waals surface area contributed by atoms with Crippen molar-refractivity contribution < 1.29 is 0 Å². The maximum atomic E-state index is 5.69. The molecule has 1 atom stereocenters. The van der Waals surface area contributed by atoms with E-state index in [4.69, 9.17) is 9.98 Å². The van der Waals surface area contributed by atoms with Gasteiger partial charge in [0.25, 0.3) is 0 Å². The first kappa shape index (κ1) is 36.3. The van der Waals surface area contributed by atoms with E-state index in [1.807, 2.05) is 22.7 Å². The molecule has 0 saturated heterocycles. The molecule has 1 N–H and O–H groups in total. The predicted octanol–water partition coefficient (Wildman–Crippen LogP) is 16.0. The molecule has 7 heteroatoms. The lowest BCUT2D eigenvalue weighted by atomic mass is 9.92. The van der Waals surface area contributed by atoms with E-state index >= 15 is 0 Å². The van der Waals surface area contributed by atoms with Crippen LogP contribution in [0.15, 0.2) is 210 Å². The highest BCUT2D eigenvalue weighted by atomic mass is 32.1. The average molecular weight is 878 g/mol. The molecule has 15 rings (SSSR count). The van der Waals surface area contributed by atoms with Crippen molar-refractivity contribution in [3.63, 3.8) is 0 Å². The van der Waals surface area contributed by atoms with Gasteiger partial charge >= 0.3 is 0 Å². The third-order valence-corrected chi connectivity index (χ3v) is 16.2. The van der Waals surface area contributed by atoms with E-state index in [0.717, 1.165) is 44.4 Å². The van der Waals surface area contributed by atoms with Gasteiger partial charge in [0.2, 0.25) is 12.2 Å². The van der Waals surface area contributed by atoms with Gasteiger partial charge in [0.15, 0.2) is 5.84 Å². The predicted molar refractivity (Wildman–Crippen MR) is 283 cm³/mol. The Morgan fingerprint density at radius 1 is 0.379 bits per heavy atom. The van der Waals surface area contributed by atoms with E-state index in [9.17, 15) is 0 Å². The maximum absolute atomic E-state index is 5.69. The summed E-state index contributed by atoms with van der Waals surface area (Å²) >= 11 is 3.74. The van der Waals surface area contributed by atoms with Crippen LogP contribution in [0.3, 0.4) is 0 Å². The summed E-state index contributed by atoms with van der Waals surface area (Å²) in [6.07, 6.45) is -0.539. The van der Waals surface area contributed by atoms with Crippen LogP contribution in [0.1, 0.15) is 11.9 Å². The maximum Gasteiger partial charge on any atom is 0.213 e. The first-order valence-corrected chi connectivity index (χ1v) is 24.0. The standard InChI is InChI=1S/C59H35N5S2/c1-2-16-35-34(14-1)15-13-23-36(35)39-28-29-44(38-18-4-3-17-37(38)39)57-60-58(63-47-24-9-5-21-45(47)53-49(63)32-30-42-40-19-7-11-26-51(40)65-55(42)53)62-59(61-57)64-48-25-10-6-22-46(48)54-50(64)33-31-43-41-20-8-12-27-52(41)66-56(43)54/h1-33,58H,(H,60,61,62). The summed E-state index contributed by atoms with van der Waals surface area (Å²) in [6, 6.07) is 72.8. The lowest BCUT2D eigenvalue weighted by molar-refractivity contribution is 0.509. The molecule has 1 aliphatic rings. The van der Waals surface area contributed by atoms with Crippen molar-refractivity contribution in [3.05, 3.63) is 206 Å². The molecular weight excluding hydrogens is 843 g/mol. The minimum absolute atomic E-state index is 0.539. The number of rotatable bonds is 3. The van der Waals surface area contributed by atoms with Crippen LogP contribution in [0.2, 0.25) is 0 Å². The van der Waals surface area contributed by atoms with Gasteiger partial charge in [-0.3, -0.25) is 4.57 Å². The number of aliphatic imine (C=N–C) groups is 2. The molecule has 1 aliphatic heterocycles. The van der Waals surface area contributed by atoms with Crippen LogP contribution >= 0.6 is 22.7 Å². The quantitative estimate of drug-likeness (QED) is 0.189. The third kappa shape index (κ3) is 5.04. The van der Waals surface area contributed by atoms with E-state index in [-0.39, 0.29) is 0 Å². The van der Waals surface area contributed by atoms with Crippen LogP contribution in [0, 0.1) is 0 Å². The number of nitrogens with one attached hydrogen (secondary N) is 1. The normalized spacial score (nSPS) is 14.5. The highest BCUT2D eigenvalue weighted by molar-refractivity contribution is 7.27. The zero-order chi connectivity index (χ0) is 43.0. The minimum Gasteiger partial charge on any atom is -0.316 e. The highest BCUT2D eigenvalue weighted by Gasteiger charge is 2.29. The van der Waals surface area contributed by atoms with Crippen molar-refractivity contribution in [1.82, 2.24) is 14.5 Å². The van der Waals surface area contributed by atoms with Crippen LogP contribution in [0.5, 0.6) is 0 Å². The third-order valence-electron chi connectivity index (χ3n) is 13.8. The summed E-state index contributed by atoms with van der Waals surface area (Å²) in [5.41, 5.74) is 7.82. The summed E-state index contributed by atoms with van der Waals surface area (Å²) in [4.78, 5) is 11.3. The Morgan fingerprint density at radius 2 is 0.894 bits per heavy atom. The number of aromatic nitrogens is 2. The molecule has 0 aliphatic carbocycles. The SMILES string of the molecule is c1ccc2c(-c3ccc(C4=NC(n5c6ccccc6c6c7sc8ccccc8c7ccc65)NC(n5c6ccccc6c6c7sc8ccccc8c7ccc65)=N4)c4ccccc34)cccc2c1. The Labute approximate surface area is 385 Å². The Balaban J connectivity index is 1.02. The molecule has 0 spiro atoms. The number of nitrogens with zero attached hydrogens (tertiary/aromatic N) is 4. The van der Waals surface area contributed by atoms with Gasteiger partial charge in [-0.25, -0.2) is 4.99 Å². The molecular formula is C59H35N5S2. The van der Waals surface area contributed by atoms with Gasteiger partial charge in [-0.05, 0) is 75.1 Å². The van der Waals surface area contributed by atoms with Crippen LogP contribution in [0.25, 0.3) is 117 Å². The minimum atomic E-state index is -0.539. The largest absolute Gasteiger partial charge is 0.316 e. The molecule has 4 aromatic heterocycles. The Bertz CT molecular complexity index is 4460. The van der Waals surface area contributed by atoms with Crippen LogP contribution < -0.4 is 5.32 Å². The van der Waals surface area contributed by atoms with Crippen LogP contribution in [0.4, 0.5) is 0 Å². The van der Waals surface area contributed by atoms with Gasteiger partial charge in [-0.15, -0.1) is 22.7 Å². The topological polar surface area (TPSA) is 46.6 Å². The van der Waals surface area contributed by atoms with Gasteiger partial charge in [0.1, 0.15) is 0 Å². The summed E-state index contributed by atoms with van der Waals surface area (Å²) in [6.45, 7) is 0. The summed E-state index contributed by atoms with van der Waals surface area (Å²) in [7, 11) is 0. The average Bonchev–Trinajstić information content (AvgIpc) is 4.13. The van der Waals surface area contributed by atoms with Gasteiger partial charge in [-0.2, -0.15) is 4.99 Å². The summed E-state index contributed by atoms with van der Waals surface area (Å²) < 4.78 is 9.89. The molecule has 10 aromatic carbocycles. The number of hydrogen-bond acceptors (Lipinski definition) is 5. The number of hydrogen-bond donors (Lipinski definition) is 1. The first-order valence-electron chi connectivity index (χ1n) is 22.4.